The third kappa shape index (κ3) is 6.59. The second-order valence-electron chi connectivity index (χ2n) is 9.10. The lowest BCUT2D eigenvalue weighted by molar-refractivity contribution is -0.115. The second-order valence-corrected chi connectivity index (χ2v) is 10.7. The van der Waals surface area contributed by atoms with Crippen LogP contribution in [-0.2, 0) is 4.79 Å². The number of aryl methyl sites for hydroxylation is 1. The third-order valence-electron chi connectivity index (χ3n) is 6.50. The van der Waals surface area contributed by atoms with Crippen molar-refractivity contribution in [3.8, 4) is 45.7 Å². The van der Waals surface area contributed by atoms with Gasteiger partial charge in [-0.1, -0.05) is 66.7 Å². The van der Waals surface area contributed by atoms with Crippen molar-refractivity contribution in [2.75, 3.05) is 26.6 Å². The number of anilines is 1. The molecule has 1 N–H and O–H groups in total. The van der Waals surface area contributed by atoms with Crippen LogP contribution >= 0.6 is 23.4 Å². The molecule has 0 spiro atoms. The zero-order chi connectivity index (χ0) is 29.5. The summed E-state index contributed by atoms with van der Waals surface area (Å²) in [6.07, 6.45) is 0.512. The molecule has 4 aromatic rings. The molecule has 41 heavy (non-hydrogen) atoms. The Balaban J connectivity index is 1.83. The normalized spacial score (nSPS) is 11.3. The van der Waals surface area contributed by atoms with Gasteiger partial charge in [-0.25, -0.2) is 4.98 Å². The molecule has 0 saturated heterocycles. The van der Waals surface area contributed by atoms with Crippen molar-refractivity contribution < 1.29 is 19.0 Å². The summed E-state index contributed by atoms with van der Waals surface area (Å²) in [5.74, 6) is 1.16. The van der Waals surface area contributed by atoms with Gasteiger partial charge in [-0.05, 0) is 54.8 Å². The van der Waals surface area contributed by atoms with Crippen LogP contribution in [0.3, 0.4) is 0 Å². The number of hydrogen-bond donors (Lipinski definition) is 1. The molecule has 0 bridgehead atoms. The zero-order valence-corrected chi connectivity index (χ0v) is 25.0. The van der Waals surface area contributed by atoms with Crippen LogP contribution in [0.2, 0.25) is 5.02 Å². The van der Waals surface area contributed by atoms with Gasteiger partial charge in [0.25, 0.3) is 0 Å². The van der Waals surface area contributed by atoms with Crippen molar-refractivity contribution in [1.29, 1.82) is 5.26 Å². The average Bonchev–Trinajstić information content (AvgIpc) is 3.00. The highest BCUT2D eigenvalue weighted by atomic mass is 35.5. The maximum Gasteiger partial charge on any atom is 0.237 e. The fraction of sp³-hybridized carbons (Fsp3) is 0.219. The van der Waals surface area contributed by atoms with Gasteiger partial charge < -0.3 is 19.5 Å². The molecule has 7 nitrogen and oxygen atoms in total. The molecule has 3 aromatic carbocycles. The molecule has 4 rings (SSSR count). The van der Waals surface area contributed by atoms with Crippen molar-refractivity contribution >= 4 is 35.0 Å². The van der Waals surface area contributed by atoms with Crippen molar-refractivity contribution in [2.45, 2.75) is 30.5 Å². The van der Waals surface area contributed by atoms with Crippen LogP contribution in [0.4, 0.5) is 5.69 Å². The lowest BCUT2D eigenvalue weighted by Crippen LogP contribution is -2.25. The number of methoxy groups -OCH3 is 3. The van der Waals surface area contributed by atoms with Gasteiger partial charge in [0.15, 0.2) is 11.5 Å². The van der Waals surface area contributed by atoms with Gasteiger partial charge in [0.1, 0.15) is 11.1 Å². The highest BCUT2D eigenvalue weighted by molar-refractivity contribution is 8.00. The molecule has 0 aliphatic carbocycles. The Morgan fingerprint density at radius 3 is 2.24 bits per heavy atom. The summed E-state index contributed by atoms with van der Waals surface area (Å²) in [6.45, 7) is 3.82. The first-order chi connectivity index (χ1) is 19.8. The first-order valence-electron chi connectivity index (χ1n) is 12.9. The Hall–Kier alpha value is -4.19. The second kappa shape index (κ2) is 13.4. The Morgan fingerprint density at radius 1 is 1.00 bits per heavy atom. The van der Waals surface area contributed by atoms with E-state index in [-0.39, 0.29) is 5.91 Å². The quantitative estimate of drug-likeness (QED) is 0.189. The minimum absolute atomic E-state index is 0.206. The number of amides is 1. The van der Waals surface area contributed by atoms with Crippen LogP contribution < -0.4 is 19.5 Å². The summed E-state index contributed by atoms with van der Waals surface area (Å²) < 4.78 is 16.6. The maximum absolute atomic E-state index is 13.4. The zero-order valence-electron chi connectivity index (χ0n) is 23.4. The molecule has 1 amide bonds. The smallest absolute Gasteiger partial charge is 0.237 e. The summed E-state index contributed by atoms with van der Waals surface area (Å²) in [7, 11) is 4.62. The van der Waals surface area contributed by atoms with E-state index in [0.29, 0.717) is 61.8 Å². The number of ether oxygens (including phenoxy) is 3. The van der Waals surface area contributed by atoms with E-state index in [1.165, 1.54) is 18.9 Å². The van der Waals surface area contributed by atoms with E-state index in [2.05, 4.69) is 11.4 Å². The number of nitrogens with one attached hydrogen (secondary N) is 1. The number of carbonyl (C=O) groups is 1. The standard InChI is InChI=1S/C32H30ClN3O4S/c1-6-29(31(37)35-22-13-12-19(2)25(33)16-22)41-32-24(18-34)23(17-26(36-32)20-10-8-7-9-11-20)21-14-27(38-3)30(40-5)28(15-21)39-4/h7-17,29H,6H2,1-5H3,(H,35,37). The van der Waals surface area contributed by atoms with Gasteiger partial charge in [0.2, 0.25) is 11.7 Å². The Labute approximate surface area is 249 Å². The maximum atomic E-state index is 13.4. The summed E-state index contributed by atoms with van der Waals surface area (Å²) in [6, 6.07) is 22.9. The molecule has 0 aliphatic rings. The topological polar surface area (TPSA) is 93.5 Å². The number of nitriles is 1. The number of hydrogen-bond acceptors (Lipinski definition) is 7. The molecule has 0 saturated carbocycles. The number of thioether (sulfide) groups is 1. The average molecular weight is 588 g/mol. The molecule has 210 valence electrons. The fourth-order valence-corrected chi connectivity index (χ4v) is 5.49. The number of nitrogens with zero attached hydrogens (tertiary/aromatic N) is 2. The number of aromatic nitrogens is 1. The Morgan fingerprint density at radius 2 is 1.68 bits per heavy atom. The SMILES string of the molecule is CCC(Sc1nc(-c2ccccc2)cc(-c2cc(OC)c(OC)c(OC)c2)c1C#N)C(=O)Nc1ccc(C)c(Cl)c1. The van der Waals surface area contributed by atoms with E-state index >= 15 is 0 Å². The summed E-state index contributed by atoms with van der Waals surface area (Å²) in [5, 5.41) is 13.8. The van der Waals surface area contributed by atoms with Crippen LogP contribution in [-0.4, -0.2) is 37.5 Å². The van der Waals surface area contributed by atoms with Crippen molar-refractivity contribution in [2.24, 2.45) is 0 Å². The first-order valence-corrected chi connectivity index (χ1v) is 14.1. The molecule has 1 heterocycles. The number of pyridine rings is 1. The predicted octanol–water partition coefficient (Wildman–Crippen LogP) is 7.78. The van der Waals surface area contributed by atoms with E-state index in [9.17, 15) is 10.1 Å². The van der Waals surface area contributed by atoms with Crippen molar-refractivity contribution in [1.82, 2.24) is 4.98 Å². The van der Waals surface area contributed by atoms with Gasteiger partial charge in [-0.3, -0.25) is 4.79 Å². The van der Waals surface area contributed by atoms with Gasteiger partial charge >= 0.3 is 0 Å². The molecule has 0 fully saturated rings. The molecule has 9 heteroatoms. The number of halogens is 1. The van der Waals surface area contributed by atoms with Gasteiger partial charge in [-0.2, -0.15) is 5.26 Å². The van der Waals surface area contributed by atoms with Crippen LogP contribution in [0.5, 0.6) is 17.2 Å². The lowest BCUT2D eigenvalue weighted by Gasteiger charge is -2.19. The summed E-state index contributed by atoms with van der Waals surface area (Å²) >= 11 is 7.52. The summed E-state index contributed by atoms with van der Waals surface area (Å²) in [5.41, 5.74) is 4.72. The van der Waals surface area contributed by atoms with Crippen molar-refractivity contribution in [3.63, 3.8) is 0 Å². The molecule has 0 aliphatic heterocycles. The van der Waals surface area contributed by atoms with Crippen LogP contribution in [0, 0.1) is 18.3 Å². The Kier molecular flexibility index (Phi) is 9.77. The highest BCUT2D eigenvalue weighted by Crippen LogP contribution is 2.44. The number of carbonyl (C=O) groups excluding carboxylic acids is 1. The van der Waals surface area contributed by atoms with E-state index in [0.717, 1.165) is 11.1 Å². The molecule has 1 aromatic heterocycles. The van der Waals surface area contributed by atoms with E-state index in [1.807, 2.05) is 62.4 Å². The summed E-state index contributed by atoms with van der Waals surface area (Å²) in [4.78, 5) is 18.2. The van der Waals surface area contributed by atoms with Gasteiger partial charge in [-0.15, -0.1) is 0 Å². The van der Waals surface area contributed by atoms with E-state index in [1.54, 1.807) is 32.4 Å². The molecular weight excluding hydrogens is 558 g/mol. The number of rotatable bonds is 10. The minimum Gasteiger partial charge on any atom is -0.493 e. The first kappa shape index (κ1) is 29.8. The third-order valence-corrected chi connectivity index (χ3v) is 8.26. The monoisotopic (exact) mass is 587 g/mol. The minimum atomic E-state index is -0.520. The largest absolute Gasteiger partial charge is 0.493 e. The Bertz CT molecular complexity index is 1580. The van der Waals surface area contributed by atoms with Crippen LogP contribution in [0.15, 0.2) is 71.8 Å². The number of benzene rings is 3. The van der Waals surface area contributed by atoms with Crippen LogP contribution in [0.25, 0.3) is 22.4 Å². The van der Waals surface area contributed by atoms with Crippen molar-refractivity contribution in [3.05, 3.63) is 82.9 Å². The van der Waals surface area contributed by atoms with Gasteiger partial charge in [0, 0.05) is 21.8 Å². The molecule has 0 radical (unpaired) electrons. The van der Waals surface area contributed by atoms with Gasteiger partial charge in [0.05, 0.1) is 37.8 Å². The fourth-order valence-electron chi connectivity index (χ4n) is 4.29. The molecule has 1 atom stereocenters. The lowest BCUT2D eigenvalue weighted by atomic mass is 9.98. The predicted molar refractivity (Wildman–Crippen MR) is 164 cm³/mol. The molecule has 1 unspecified atom stereocenters. The van der Waals surface area contributed by atoms with Crippen LogP contribution in [0.1, 0.15) is 24.5 Å². The highest BCUT2D eigenvalue weighted by Gasteiger charge is 2.25. The molecular formula is C32H30ClN3O4S. The van der Waals surface area contributed by atoms with E-state index in [4.69, 9.17) is 30.8 Å². The van der Waals surface area contributed by atoms with E-state index < -0.39 is 5.25 Å².